The van der Waals surface area contributed by atoms with E-state index in [1.165, 1.54) is 5.69 Å². The Morgan fingerprint density at radius 2 is 1.86 bits per heavy atom. The molecule has 0 aliphatic carbocycles. The number of imidazole rings is 1. The average molecular weight is 281 g/mol. The third-order valence-electron chi connectivity index (χ3n) is 3.42. The third-order valence-corrected chi connectivity index (χ3v) is 3.42. The summed E-state index contributed by atoms with van der Waals surface area (Å²) in [6.45, 7) is 2.65. The number of nitrogens with one attached hydrogen (secondary N) is 1. The quantitative estimate of drug-likeness (QED) is 0.793. The molecule has 4 nitrogen and oxygen atoms in total. The van der Waals surface area contributed by atoms with Crippen molar-refractivity contribution in [3.63, 3.8) is 0 Å². The van der Waals surface area contributed by atoms with Gasteiger partial charge in [0.2, 0.25) is 0 Å². The van der Waals surface area contributed by atoms with Gasteiger partial charge >= 0.3 is 0 Å². The van der Waals surface area contributed by atoms with Gasteiger partial charge in [-0.2, -0.15) is 0 Å². The van der Waals surface area contributed by atoms with Gasteiger partial charge in [-0.3, -0.25) is 0 Å². The lowest BCUT2D eigenvalue weighted by atomic mass is 10.2. The van der Waals surface area contributed by atoms with Crippen molar-refractivity contribution in [2.75, 3.05) is 25.6 Å². The molecule has 0 fully saturated rings. The molecule has 3 aromatic rings. The summed E-state index contributed by atoms with van der Waals surface area (Å²) in [5, 5.41) is 0. The number of rotatable bonds is 4. The molecule has 0 radical (unpaired) electrons. The number of anilines is 1. The van der Waals surface area contributed by atoms with Gasteiger partial charge in [0.25, 0.3) is 0 Å². The summed E-state index contributed by atoms with van der Waals surface area (Å²) in [6, 6.07) is 14.3. The van der Waals surface area contributed by atoms with Gasteiger partial charge in [0.15, 0.2) is 0 Å². The SMILES string of the molecule is CCOc1ccc2nc(-c3ccc(N(C)C)cc3)[nH]c2c1. The minimum Gasteiger partial charge on any atom is -0.494 e. The molecule has 3 rings (SSSR count). The van der Waals surface area contributed by atoms with E-state index < -0.39 is 0 Å². The van der Waals surface area contributed by atoms with Crippen LogP contribution < -0.4 is 9.64 Å². The van der Waals surface area contributed by atoms with E-state index in [0.29, 0.717) is 6.61 Å². The first kappa shape index (κ1) is 13.5. The molecular weight excluding hydrogens is 262 g/mol. The smallest absolute Gasteiger partial charge is 0.138 e. The van der Waals surface area contributed by atoms with E-state index in [2.05, 4.69) is 39.1 Å². The zero-order chi connectivity index (χ0) is 14.8. The van der Waals surface area contributed by atoms with Gasteiger partial charge in [-0.25, -0.2) is 4.98 Å². The number of hydrogen-bond donors (Lipinski definition) is 1. The van der Waals surface area contributed by atoms with Gasteiger partial charge in [-0.1, -0.05) is 0 Å². The molecular formula is C17H19N3O. The van der Waals surface area contributed by atoms with E-state index in [1.807, 2.05) is 39.2 Å². The van der Waals surface area contributed by atoms with Gasteiger partial charge in [-0.05, 0) is 43.3 Å². The van der Waals surface area contributed by atoms with Crippen LogP contribution in [0.15, 0.2) is 42.5 Å². The van der Waals surface area contributed by atoms with Crippen LogP contribution in [0.25, 0.3) is 22.4 Å². The second-order valence-electron chi connectivity index (χ2n) is 5.14. The Kier molecular flexibility index (Phi) is 3.52. The molecule has 0 aliphatic heterocycles. The van der Waals surface area contributed by atoms with Crippen LogP contribution in [0.3, 0.4) is 0 Å². The number of ether oxygens (including phenoxy) is 1. The summed E-state index contributed by atoms with van der Waals surface area (Å²) in [4.78, 5) is 10.1. The Labute approximate surface area is 124 Å². The number of nitrogens with zero attached hydrogens (tertiary/aromatic N) is 2. The highest BCUT2D eigenvalue weighted by atomic mass is 16.5. The topological polar surface area (TPSA) is 41.1 Å². The van der Waals surface area contributed by atoms with Crippen molar-refractivity contribution in [2.45, 2.75) is 6.92 Å². The average Bonchev–Trinajstić information content (AvgIpc) is 2.91. The van der Waals surface area contributed by atoms with Crippen LogP contribution in [-0.4, -0.2) is 30.7 Å². The van der Waals surface area contributed by atoms with Crippen LogP contribution in [0.2, 0.25) is 0 Å². The van der Waals surface area contributed by atoms with Gasteiger partial charge in [0.05, 0.1) is 17.6 Å². The Morgan fingerprint density at radius 3 is 2.52 bits per heavy atom. The Morgan fingerprint density at radius 1 is 1.10 bits per heavy atom. The zero-order valence-electron chi connectivity index (χ0n) is 12.6. The maximum absolute atomic E-state index is 5.52. The normalized spacial score (nSPS) is 10.8. The number of aromatic amines is 1. The first-order valence-corrected chi connectivity index (χ1v) is 7.07. The fraction of sp³-hybridized carbons (Fsp3) is 0.235. The number of fused-ring (bicyclic) bond motifs is 1. The van der Waals surface area contributed by atoms with Crippen LogP contribution in [0.4, 0.5) is 5.69 Å². The van der Waals surface area contributed by atoms with Crippen LogP contribution in [0, 0.1) is 0 Å². The molecule has 4 heteroatoms. The van der Waals surface area contributed by atoms with E-state index >= 15 is 0 Å². The largest absolute Gasteiger partial charge is 0.494 e. The van der Waals surface area contributed by atoms with Crippen molar-refractivity contribution in [2.24, 2.45) is 0 Å². The van der Waals surface area contributed by atoms with Crippen molar-refractivity contribution in [3.05, 3.63) is 42.5 Å². The van der Waals surface area contributed by atoms with Crippen LogP contribution >= 0.6 is 0 Å². The summed E-state index contributed by atoms with van der Waals surface area (Å²) in [6.07, 6.45) is 0. The molecule has 2 aromatic carbocycles. The predicted molar refractivity (Wildman–Crippen MR) is 87.0 cm³/mol. The zero-order valence-corrected chi connectivity index (χ0v) is 12.6. The lowest BCUT2D eigenvalue weighted by molar-refractivity contribution is 0.340. The lowest BCUT2D eigenvalue weighted by Gasteiger charge is -2.11. The molecule has 0 saturated heterocycles. The van der Waals surface area contributed by atoms with Crippen molar-refractivity contribution in [1.82, 2.24) is 9.97 Å². The maximum atomic E-state index is 5.52. The van der Waals surface area contributed by atoms with E-state index in [4.69, 9.17) is 4.74 Å². The Balaban J connectivity index is 1.96. The highest BCUT2D eigenvalue weighted by Gasteiger charge is 2.06. The minimum atomic E-state index is 0.665. The fourth-order valence-corrected chi connectivity index (χ4v) is 2.30. The monoisotopic (exact) mass is 281 g/mol. The van der Waals surface area contributed by atoms with E-state index in [0.717, 1.165) is 28.2 Å². The van der Waals surface area contributed by atoms with Crippen molar-refractivity contribution >= 4 is 16.7 Å². The molecule has 0 unspecified atom stereocenters. The van der Waals surface area contributed by atoms with Crippen molar-refractivity contribution < 1.29 is 4.74 Å². The van der Waals surface area contributed by atoms with E-state index in [-0.39, 0.29) is 0 Å². The summed E-state index contributed by atoms with van der Waals surface area (Å²) in [5.41, 5.74) is 4.20. The Bertz CT molecular complexity index is 744. The predicted octanol–water partition coefficient (Wildman–Crippen LogP) is 3.69. The molecule has 0 bridgehead atoms. The van der Waals surface area contributed by atoms with Crippen molar-refractivity contribution in [3.8, 4) is 17.1 Å². The molecule has 1 heterocycles. The second-order valence-corrected chi connectivity index (χ2v) is 5.14. The highest BCUT2D eigenvalue weighted by molar-refractivity contribution is 5.81. The molecule has 1 N–H and O–H groups in total. The van der Waals surface area contributed by atoms with Crippen LogP contribution in [-0.2, 0) is 0 Å². The molecule has 0 amide bonds. The molecule has 0 spiro atoms. The first-order valence-electron chi connectivity index (χ1n) is 7.07. The second kappa shape index (κ2) is 5.48. The fourth-order valence-electron chi connectivity index (χ4n) is 2.30. The molecule has 21 heavy (non-hydrogen) atoms. The Hall–Kier alpha value is -2.49. The molecule has 0 atom stereocenters. The maximum Gasteiger partial charge on any atom is 0.138 e. The summed E-state index contributed by atoms with van der Waals surface area (Å²) in [7, 11) is 4.07. The summed E-state index contributed by atoms with van der Waals surface area (Å²) >= 11 is 0. The standard InChI is InChI=1S/C17H19N3O/c1-4-21-14-9-10-15-16(11-14)19-17(18-15)12-5-7-13(8-6-12)20(2)3/h5-11H,4H2,1-3H3,(H,18,19). The highest BCUT2D eigenvalue weighted by Crippen LogP contribution is 2.25. The number of hydrogen-bond acceptors (Lipinski definition) is 3. The van der Waals surface area contributed by atoms with Gasteiger partial charge in [0.1, 0.15) is 11.6 Å². The molecule has 1 aromatic heterocycles. The summed E-state index contributed by atoms with van der Waals surface area (Å²) in [5.74, 6) is 1.74. The van der Waals surface area contributed by atoms with E-state index in [9.17, 15) is 0 Å². The minimum absolute atomic E-state index is 0.665. The van der Waals surface area contributed by atoms with Crippen molar-refractivity contribution in [1.29, 1.82) is 0 Å². The third kappa shape index (κ3) is 2.70. The number of benzene rings is 2. The van der Waals surface area contributed by atoms with Gasteiger partial charge in [0, 0.05) is 31.4 Å². The van der Waals surface area contributed by atoms with Crippen LogP contribution in [0.5, 0.6) is 5.75 Å². The first-order chi connectivity index (χ1) is 10.2. The number of aromatic nitrogens is 2. The van der Waals surface area contributed by atoms with Gasteiger partial charge < -0.3 is 14.6 Å². The number of H-pyrrole nitrogens is 1. The molecule has 0 aliphatic rings. The molecule has 0 saturated carbocycles. The molecule has 108 valence electrons. The summed E-state index contributed by atoms with van der Waals surface area (Å²) < 4.78 is 5.52. The lowest BCUT2D eigenvalue weighted by Crippen LogP contribution is -2.07. The van der Waals surface area contributed by atoms with E-state index in [1.54, 1.807) is 0 Å². The van der Waals surface area contributed by atoms with Crippen LogP contribution in [0.1, 0.15) is 6.92 Å². The van der Waals surface area contributed by atoms with Gasteiger partial charge in [-0.15, -0.1) is 0 Å².